The number of aliphatic hydroxyl groups excluding tert-OH is 1. The Morgan fingerprint density at radius 1 is 0.286 bits per heavy atom. The molecule has 0 rings (SSSR count). The van der Waals surface area contributed by atoms with Crippen LogP contribution >= 0.6 is 15.6 Å². The van der Waals surface area contributed by atoms with Crippen molar-refractivity contribution in [3.05, 3.63) is 24.3 Å². The summed E-state index contributed by atoms with van der Waals surface area (Å²) < 4.78 is 68.6. The first-order valence-corrected chi connectivity index (χ1v) is 43.6. The zero-order valence-electron chi connectivity index (χ0n) is 63.2. The van der Waals surface area contributed by atoms with Crippen molar-refractivity contribution in [1.82, 2.24) is 0 Å². The average Bonchev–Trinajstić information content (AvgIpc) is 0.984. The fraction of sp³-hybridized carbons (Fsp3) is 0.899. The van der Waals surface area contributed by atoms with Gasteiger partial charge >= 0.3 is 39.5 Å². The van der Waals surface area contributed by atoms with Gasteiger partial charge in [0.15, 0.2) is 12.2 Å². The van der Waals surface area contributed by atoms with Crippen molar-refractivity contribution in [1.29, 1.82) is 0 Å². The molecule has 0 amide bonds. The van der Waals surface area contributed by atoms with Crippen LogP contribution in [0.15, 0.2) is 24.3 Å². The zero-order chi connectivity index (χ0) is 71.8. The van der Waals surface area contributed by atoms with Gasteiger partial charge in [0.25, 0.3) is 0 Å². The number of carbonyl (C=O) groups is 4. The van der Waals surface area contributed by atoms with Crippen LogP contribution in [0.1, 0.15) is 400 Å². The highest BCUT2D eigenvalue weighted by molar-refractivity contribution is 7.47. The molecule has 0 saturated heterocycles. The first kappa shape index (κ1) is 95.5. The molecule has 0 fully saturated rings. The first-order chi connectivity index (χ1) is 47.7. The van der Waals surface area contributed by atoms with Crippen LogP contribution in [0.5, 0.6) is 0 Å². The monoisotopic (exact) mass is 1430 g/mol. The molecule has 0 spiro atoms. The van der Waals surface area contributed by atoms with E-state index in [4.69, 9.17) is 37.0 Å². The second-order valence-electron chi connectivity index (χ2n) is 27.7. The van der Waals surface area contributed by atoms with E-state index in [1.807, 2.05) is 0 Å². The van der Waals surface area contributed by atoms with Gasteiger partial charge in [-0.2, -0.15) is 0 Å². The summed E-state index contributed by atoms with van der Waals surface area (Å²) in [5.41, 5.74) is 0. The van der Waals surface area contributed by atoms with Crippen molar-refractivity contribution in [2.24, 2.45) is 0 Å². The largest absolute Gasteiger partial charge is 0.472 e. The number of hydrogen-bond donors (Lipinski definition) is 3. The molecule has 0 saturated carbocycles. The van der Waals surface area contributed by atoms with Crippen molar-refractivity contribution in [2.45, 2.75) is 418 Å². The van der Waals surface area contributed by atoms with Crippen LogP contribution < -0.4 is 0 Å². The Hall–Kier alpha value is -2.46. The van der Waals surface area contributed by atoms with Gasteiger partial charge in [-0.25, -0.2) is 9.13 Å². The molecule has 0 aromatic rings. The van der Waals surface area contributed by atoms with Crippen LogP contribution in [-0.4, -0.2) is 96.7 Å². The lowest BCUT2D eigenvalue weighted by atomic mass is 10.0. The number of unbranched alkanes of at least 4 members (excludes halogenated alkanes) is 48. The SMILES string of the molecule is CCCCC/C=C\C/C=C\CCCCCCCC(=O)O[C@H](COC(=O)CCCCCCCCCCCCCCCCC)COP(=O)(O)OC[C@H](O)COP(=O)(O)OC[C@@H](COC(=O)CCCCCCCCCCCCCCCCC)OC(=O)CCCCCCCCCCCCCCC. The Morgan fingerprint density at radius 3 is 0.776 bits per heavy atom. The number of carbonyl (C=O) groups excluding carboxylic acids is 4. The highest BCUT2D eigenvalue weighted by Gasteiger charge is 2.30. The molecule has 98 heavy (non-hydrogen) atoms. The fourth-order valence-electron chi connectivity index (χ4n) is 11.7. The molecule has 5 atom stereocenters. The van der Waals surface area contributed by atoms with Crippen LogP contribution in [0.25, 0.3) is 0 Å². The number of esters is 4. The van der Waals surface area contributed by atoms with Gasteiger partial charge in [0.1, 0.15) is 19.3 Å². The summed E-state index contributed by atoms with van der Waals surface area (Å²) in [5.74, 6) is -2.13. The van der Waals surface area contributed by atoms with Gasteiger partial charge in [-0.15, -0.1) is 0 Å². The molecule has 0 aromatic carbocycles. The second-order valence-corrected chi connectivity index (χ2v) is 30.6. The predicted molar refractivity (Wildman–Crippen MR) is 400 cm³/mol. The Bertz CT molecular complexity index is 1950. The van der Waals surface area contributed by atoms with Gasteiger partial charge in [0.2, 0.25) is 0 Å². The number of rotatable bonds is 78. The molecule has 0 bridgehead atoms. The molecular weight excluding hydrogens is 1280 g/mol. The van der Waals surface area contributed by atoms with Gasteiger partial charge in [-0.3, -0.25) is 37.3 Å². The Kier molecular flexibility index (Phi) is 71.0. The maximum absolute atomic E-state index is 13.1. The third-order valence-corrected chi connectivity index (χ3v) is 19.9. The van der Waals surface area contributed by atoms with Crippen molar-refractivity contribution in [3.63, 3.8) is 0 Å². The molecule has 0 heterocycles. The third kappa shape index (κ3) is 71.9. The lowest BCUT2D eigenvalue weighted by Gasteiger charge is -2.21. The topological polar surface area (TPSA) is 237 Å². The third-order valence-electron chi connectivity index (χ3n) is 17.9. The minimum absolute atomic E-state index is 0.0877. The minimum atomic E-state index is -4.97. The van der Waals surface area contributed by atoms with Crippen molar-refractivity contribution < 1.29 is 80.2 Å². The first-order valence-electron chi connectivity index (χ1n) is 40.6. The molecular formula is C79H150O17P2. The Balaban J connectivity index is 5.29. The number of aliphatic hydroxyl groups is 1. The fourth-order valence-corrected chi connectivity index (χ4v) is 13.3. The van der Waals surface area contributed by atoms with Gasteiger partial charge in [-0.1, -0.05) is 341 Å². The number of ether oxygens (including phenoxy) is 4. The lowest BCUT2D eigenvalue weighted by molar-refractivity contribution is -0.161. The Labute approximate surface area is 599 Å². The van der Waals surface area contributed by atoms with E-state index in [0.29, 0.717) is 25.7 Å². The molecule has 0 aliphatic heterocycles. The van der Waals surface area contributed by atoms with E-state index in [0.717, 1.165) is 109 Å². The normalized spacial score (nSPS) is 14.0. The smallest absolute Gasteiger partial charge is 0.462 e. The zero-order valence-corrected chi connectivity index (χ0v) is 65.0. The summed E-state index contributed by atoms with van der Waals surface area (Å²) in [6, 6.07) is 0. The van der Waals surface area contributed by atoms with Gasteiger partial charge < -0.3 is 33.8 Å². The molecule has 0 aromatic heterocycles. The van der Waals surface area contributed by atoms with E-state index >= 15 is 0 Å². The second kappa shape index (κ2) is 72.9. The van der Waals surface area contributed by atoms with E-state index in [1.54, 1.807) is 0 Å². The van der Waals surface area contributed by atoms with E-state index in [2.05, 4.69) is 52.0 Å². The van der Waals surface area contributed by atoms with E-state index < -0.39 is 97.5 Å². The highest BCUT2D eigenvalue weighted by Crippen LogP contribution is 2.45. The van der Waals surface area contributed by atoms with E-state index in [9.17, 15) is 43.2 Å². The quantitative estimate of drug-likeness (QED) is 0.0169. The minimum Gasteiger partial charge on any atom is -0.462 e. The lowest BCUT2D eigenvalue weighted by Crippen LogP contribution is -2.30. The van der Waals surface area contributed by atoms with E-state index in [-0.39, 0.29) is 25.7 Å². The van der Waals surface area contributed by atoms with Crippen LogP contribution in [0, 0.1) is 0 Å². The molecule has 19 heteroatoms. The standard InChI is InChI=1S/C79H150O17P2/c1-5-9-13-17-21-25-29-33-36-40-43-47-51-55-59-63-76(81)89-69-74(95-78(83)65-61-57-53-49-45-39-32-28-24-20-16-12-8-4)71-93-97(85,86)91-67-73(80)68-92-98(87,88)94-72-75(96-79(84)66-62-58-54-50-46-42-38-35-31-27-23-19-15-11-7-3)70-90-77(82)64-60-56-52-48-44-41-37-34-30-26-22-18-14-10-6-2/h23,27,35,38,73-75,80H,5-22,24-26,28-34,36-37,39-72H2,1-4H3,(H,85,86)(H,87,88)/b27-23-,38-35-/t73-,74-,75-/m1/s1. The molecule has 0 aliphatic carbocycles. The average molecular weight is 1430 g/mol. The number of phosphoric acid groups is 2. The molecule has 0 aliphatic rings. The maximum Gasteiger partial charge on any atom is 0.472 e. The van der Waals surface area contributed by atoms with Gasteiger partial charge in [-0.05, 0) is 57.8 Å². The van der Waals surface area contributed by atoms with Crippen molar-refractivity contribution >= 4 is 39.5 Å². The molecule has 2 unspecified atom stereocenters. The molecule has 17 nitrogen and oxygen atoms in total. The Morgan fingerprint density at radius 2 is 0.500 bits per heavy atom. The number of hydrogen-bond acceptors (Lipinski definition) is 15. The summed E-state index contributed by atoms with van der Waals surface area (Å²) in [7, 11) is -9.93. The predicted octanol–water partition coefficient (Wildman–Crippen LogP) is 23.3. The summed E-state index contributed by atoms with van der Waals surface area (Å²) in [6.45, 7) is 4.95. The highest BCUT2D eigenvalue weighted by atomic mass is 31.2. The van der Waals surface area contributed by atoms with Crippen LogP contribution in [-0.2, 0) is 65.4 Å². The summed E-state index contributed by atoms with van der Waals surface area (Å²) in [6.07, 6.45) is 67.2. The molecule has 578 valence electrons. The summed E-state index contributed by atoms with van der Waals surface area (Å²) in [5, 5.41) is 10.6. The molecule has 3 N–H and O–H groups in total. The summed E-state index contributed by atoms with van der Waals surface area (Å²) >= 11 is 0. The maximum atomic E-state index is 13.1. The van der Waals surface area contributed by atoms with Crippen LogP contribution in [0.3, 0.4) is 0 Å². The van der Waals surface area contributed by atoms with Crippen LogP contribution in [0.2, 0.25) is 0 Å². The summed E-state index contributed by atoms with van der Waals surface area (Å²) in [4.78, 5) is 73.0. The molecule has 0 radical (unpaired) electrons. The number of allylic oxidation sites excluding steroid dienone is 4. The van der Waals surface area contributed by atoms with Crippen LogP contribution in [0.4, 0.5) is 0 Å². The van der Waals surface area contributed by atoms with Gasteiger partial charge in [0, 0.05) is 25.7 Å². The van der Waals surface area contributed by atoms with Crippen molar-refractivity contribution in [2.75, 3.05) is 39.6 Å². The van der Waals surface area contributed by atoms with Crippen molar-refractivity contribution in [3.8, 4) is 0 Å². The van der Waals surface area contributed by atoms with Gasteiger partial charge in [0.05, 0.1) is 26.4 Å². The number of phosphoric ester groups is 2. The van der Waals surface area contributed by atoms with E-state index in [1.165, 1.54) is 212 Å².